The second kappa shape index (κ2) is 9.56. The Labute approximate surface area is 187 Å². The third-order valence-electron chi connectivity index (χ3n) is 4.85. The molecule has 0 radical (unpaired) electrons. The van der Waals surface area contributed by atoms with Crippen LogP contribution in [0.5, 0.6) is 5.75 Å². The number of aromatic hydroxyl groups is 1. The van der Waals surface area contributed by atoms with Gasteiger partial charge in [0.05, 0.1) is 11.6 Å². The molecule has 0 saturated carbocycles. The molecule has 0 aliphatic heterocycles. The largest absolute Gasteiger partial charge is 0.508 e. The van der Waals surface area contributed by atoms with Gasteiger partial charge < -0.3 is 10.4 Å². The van der Waals surface area contributed by atoms with Crippen LogP contribution in [0.2, 0.25) is 0 Å². The van der Waals surface area contributed by atoms with Crippen LogP contribution < -0.4 is 16.3 Å². The van der Waals surface area contributed by atoms with Crippen molar-refractivity contribution in [2.45, 2.75) is 6.04 Å². The van der Waals surface area contributed by atoms with Crippen LogP contribution in [-0.4, -0.2) is 33.3 Å². The van der Waals surface area contributed by atoms with Gasteiger partial charge in [0.15, 0.2) is 6.04 Å². The van der Waals surface area contributed by atoms with Gasteiger partial charge in [0.1, 0.15) is 11.4 Å². The number of hydrogen-bond donors (Lipinski definition) is 4. The standard InChI is InChI=1S/C24H19N5O4/c30-17-12-10-15(11-13-17)14-25-28-24(33)21(26-22(31)16-6-2-1-3-7-16)20-18-8-4-5-9-19(18)23(32)29-27-20/h1-14,21,30H,(H,26,31)(H,28,33)(H,29,32)/b25-14+/t21-/m1/s1. The Hall–Kier alpha value is -4.79. The molecule has 4 aromatic rings. The van der Waals surface area contributed by atoms with Crippen LogP contribution in [0.4, 0.5) is 0 Å². The lowest BCUT2D eigenvalue weighted by atomic mass is 10.0. The van der Waals surface area contributed by atoms with E-state index in [1.807, 2.05) is 0 Å². The first kappa shape index (κ1) is 21.4. The minimum Gasteiger partial charge on any atom is -0.508 e. The highest BCUT2D eigenvalue weighted by atomic mass is 16.3. The maximum absolute atomic E-state index is 13.1. The lowest BCUT2D eigenvalue weighted by Gasteiger charge is -2.18. The molecule has 1 aromatic heterocycles. The summed E-state index contributed by atoms with van der Waals surface area (Å²) in [5.41, 5.74) is 3.17. The van der Waals surface area contributed by atoms with Crippen molar-refractivity contribution in [1.82, 2.24) is 20.9 Å². The number of amides is 2. The lowest BCUT2D eigenvalue weighted by molar-refractivity contribution is -0.123. The van der Waals surface area contributed by atoms with Crippen LogP contribution >= 0.6 is 0 Å². The number of carbonyl (C=O) groups is 2. The van der Waals surface area contributed by atoms with Gasteiger partial charge in [-0.05, 0) is 48.0 Å². The fraction of sp³-hybridized carbons (Fsp3) is 0.0417. The van der Waals surface area contributed by atoms with Gasteiger partial charge in [0, 0.05) is 10.9 Å². The van der Waals surface area contributed by atoms with Crippen LogP contribution in [0, 0.1) is 0 Å². The Morgan fingerprint density at radius 3 is 2.33 bits per heavy atom. The van der Waals surface area contributed by atoms with Gasteiger partial charge in [-0.1, -0.05) is 36.4 Å². The van der Waals surface area contributed by atoms with E-state index in [4.69, 9.17) is 0 Å². The van der Waals surface area contributed by atoms with Crippen molar-refractivity contribution in [2.24, 2.45) is 5.10 Å². The number of benzene rings is 3. The Kier molecular flexibility index (Phi) is 6.21. The number of phenols is 1. The molecule has 0 bridgehead atoms. The summed E-state index contributed by atoms with van der Waals surface area (Å²) in [5.74, 6) is -1.04. The summed E-state index contributed by atoms with van der Waals surface area (Å²) >= 11 is 0. The van der Waals surface area contributed by atoms with E-state index in [1.54, 1.807) is 66.7 Å². The third kappa shape index (κ3) is 4.93. The van der Waals surface area contributed by atoms with Crippen molar-refractivity contribution in [2.75, 3.05) is 0 Å². The van der Waals surface area contributed by atoms with E-state index < -0.39 is 23.4 Å². The zero-order valence-corrected chi connectivity index (χ0v) is 17.2. The molecule has 164 valence electrons. The molecule has 0 aliphatic rings. The molecule has 3 aromatic carbocycles. The fourth-order valence-electron chi connectivity index (χ4n) is 3.21. The van der Waals surface area contributed by atoms with E-state index in [9.17, 15) is 19.5 Å². The molecule has 9 heteroatoms. The fourth-order valence-corrected chi connectivity index (χ4v) is 3.21. The monoisotopic (exact) mass is 441 g/mol. The van der Waals surface area contributed by atoms with Gasteiger partial charge in [-0.25, -0.2) is 10.5 Å². The van der Waals surface area contributed by atoms with Crippen LogP contribution in [0.1, 0.15) is 27.7 Å². The number of aromatic nitrogens is 2. The molecule has 1 atom stereocenters. The minimum absolute atomic E-state index is 0.107. The van der Waals surface area contributed by atoms with Crippen LogP contribution in [0.25, 0.3) is 10.8 Å². The summed E-state index contributed by atoms with van der Waals surface area (Å²) in [5, 5.41) is 23.2. The number of hydrogen-bond acceptors (Lipinski definition) is 6. The molecule has 2 amide bonds. The summed E-state index contributed by atoms with van der Waals surface area (Å²) in [4.78, 5) is 38.1. The number of rotatable bonds is 6. The molecule has 0 aliphatic carbocycles. The van der Waals surface area contributed by atoms with Crippen molar-refractivity contribution < 1.29 is 14.7 Å². The Bertz CT molecular complexity index is 1380. The van der Waals surface area contributed by atoms with Crippen molar-refractivity contribution in [3.8, 4) is 5.75 Å². The smallest absolute Gasteiger partial charge is 0.272 e. The van der Waals surface area contributed by atoms with Gasteiger partial charge in [-0.2, -0.15) is 10.2 Å². The molecule has 9 nitrogen and oxygen atoms in total. The first-order valence-corrected chi connectivity index (χ1v) is 9.98. The van der Waals surface area contributed by atoms with Crippen LogP contribution in [0.15, 0.2) is 88.8 Å². The van der Waals surface area contributed by atoms with Crippen LogP contribution in [-0.2, 0) is 4.79 Å². The number of aromatic amines is 1. The topological polar surface area (TPSA) is 137 Å². The number of nitrogens with one attached hydrogen (secondary N) is 3. The zero-order chi connectivity index (χ0) is 23.2. The van der Waals surface area contributed by atoms with Crippen molar-refractivity contribution >= 4 is 28.8 Å². The average Bonchev–Trinajstić information content (AvgIpc) is 2.85. The predicted molar refractivity (Wildman–Crippen MR) is 123 cm³/mol. The summed E-state index contributed by atoms with van der Waals surface area (Å²) in [6.45, 7) is 0. The van der Waals surface area contributed by atoms with Gasteiger partial charge >= 0.3 is 0 Å². The maximum Gasteiger partial charge on any atom is 0.272 e. The summed E-state index contributed by atoms with van der Waals surface area (Å²) in [7, 11) is 0. The maximum atomic E-state index is 13.1. The lowest BCUT2D eigenvalue weighted by Crippen LogP contribution is -2.40. The molecular weight excluding hydrogens is 422 g/mol. The molecular formula is C24H19N5O4. The number of fused-ring (bicyclic) bond motifs is 1. The highest BCUT2D eigenvalue weighted by Crippen LogP contribution is 2.20. The summed E-state index contributed by atoms with van der Waals surface area (Å²) in [6, 6.07) is 20.1. The normalized spacial score (nSPS) is 11.9. The van der Waals surface area contributed by atoms with Gasteiger partial charge in [-0.3, -0.25) is 14.4 Å². The van der Waals surface area contributed by atoms with Gasteiger partial charge in [-0.15, -0.1) is 0 Å². The Morgan fingerprint density at radius 1 is 0.939 bits per heavy atom. The number of phenolic OH excluding ortho intramolecular Hbond substituents is 1. The molecule has 4 rings (SSSR count). The predicted octanol–water partition coefficient (Wildman–Crippen LogP) is 2.25. The van der Waals surface area contributed by atoms with Crippen molar-refractivity contribution in [3.63, 3.8) is 0 Å². The van der Waals surface area contributed by atoms with E-state index in [2.05, 4.69) is 26.0 Å². The zero-order valence-electron chi connectivity index (χ0n) is 17.2. The Balaban J connectivity index is 1.66. The van der Waals surface area contributed by atoms with Gasteiger partial charge in [0.25, 0.3) is 17.4 Å². The van der Waals surface area contributed by atoms with Crippen molar-refractivity contribution in [3.05, 3.63) is 106 Å². The quantitative estimate of drug-likeness (QED) is 0.269. The second-order valence-electron chi connectivity index (χ2n) is 7.08. The number of carbonyl (C=O) groups excluding carboxylic acids is 2. The first-order chi connectivity index (χ1) is 16.0. The van der Waals surface area contributed by atoms with E-state index in [-0.39, 0.29) is 11.4 Å². The highest BCUT2D eigenvalue weighted by Gasteiger charge is 2.27. The molecule has 0 unspecified atom stereocenters. The molecule has 1 heterocycles. The number of nitrogens with zero attached hydrogens (tertiary/aromatic N) is 2. The summed E-state index contributed by atoms with van der Waals surface area (Å²) < 4.78 is 0. The van der Waals surface area contributed by atoms with Crippen molar-refractivity contribution in [1.29, 1.82) is 0 Å². The highest BCUT2D eigenvalue weighted by molar-refractivity contribution is 5.99. The number of H-pyrrole nitrogens is 1. The van der Waals surface area contributed by atoms with E-state index in [1.165, 1.54) is 18.3 Å². The third-order valence-corrected chi connectivity index (χ3v) is 4.85. The Morgan fingerprint density at radius 2 is 1.61 bits per heavy atom. The average molecular weight is 441 g/mol. The van der Waals surface area contributed by atoms with E-state index >= 15 is 0 Å². The first-order valence-electron chi connectivity index (χ1n) is 9.98. The molecule has 0 saturated heterocycles. The van der Waals surface area contributed by atoms with E-state index in [0.29, 0.717) is 21.9 Å². The molecule has 4 N–H and O–H groups in total. The SMILES string of the molecule is O=C(N[C@@H](C(=O)N/N=C/c1ccc(O)cc1)c1n[nH]c(=O)c2ccccc12)c1ccccc1. The van der Waals surface area contributed by atoms with Crippen LogP contribution in [0.3, 0.4) is 0 Å². The van der Waals surface area contributed by atoms with Gasteiger partial charge in [0.2, 0.25) is 0 Å². The molecule has 0 spiro atoms. The van der Waals surface area contributed by atoms with E-state index in [0.717, 1.165) is 0 Å². The minimum atomic E-state index is -1.24. The number of hydrazone groups is 1. The summed E-state index contributed by atoms with van der Waals surface area (Å²) in [6.07, 6.45) is 1.39. The molecule has 33 heavy (non-hydrogen) atoms. The second-order valence-corrected chi connectivity index (χ2v) is 7.08. The molecule has 0 fully saturated rings.